The summed E-state index contributed by atoms with van der Waals surface area (Å²) in [6.07, 6.45) is 3.15. The Morgan fingerprint density at radius 2 is 2.04 bits per heavy atom. The van der Waals surface area contributed by atoms with Crippen LogP contribution in [0.5, 0.6) is 0 Å². The van der Waals surface area contributed by atoms with E-state index >= 15 is 0 Å². The van der Waals surface area contributed by atoms with Gasteiger partial charge in [0.15, 0.2) is 0 Å². The van der Waals surface area contributed by atoms with Crippen LogP contribution in [0.4, 0.5) is 5.95 Å². The van der Waals surface area contributed by atoms with Crippen LogP contribution in [-0.2, 0) is 7.05 Å². The van der Waals surface area contributed by atoms with Crippen molar-refractivity contribution in [3.63, 3.8) is 0 Å². The monoisotopic (exact) mass is 322 g/mol. The highest BCUT2D eigenvalue weighted by Gasteiger charge is 2.14. The largest absolute Gasteiger partial charge is 0.443 e. The number of pyridine rings is 1. The number of hydrogen-bond donors (Lipinski definition) is 1. The van der Waals surface area contributed by atoms with E-state index in [4.69, 9.17) is 4.42 Å². The summed E-state index contributed by atoms with van der Waals surface area (Å²) < 4.78 is 7.18. The molecule has 0 aromatic carbocycles. The number of carbonyl (C=O) groups excluding carboxylic acids is 1. The number of aromatic nitrogens is 5. The van der Waals surface area contributed by atoms with E-state index in [-0.39, 0.29) is 11.9 Å². The standard InChI is InChI=1S/C16H14N6O2/c1-8-4-11-9(2)19-16(21-15(11)24-8)20-14(23)10-5-13-12(17-6-10)7-18-22(13)3/h4-7H,1-3H3,(H,19,20,21,23). The normalized spacial score (nSPS) is 11.3. The van der Waals surface area contributed by atoms with Gasteiger partial charge < -0.3 is 4.42 Å². The number of hydrogen-bond acceptors (Lipinski definition) is 6. The van der Waals surface area contributed by atoms with Crippen LogP contribution in [0.15, 0.2) is 28.9 Å². The van der Waals surface area contributed by atoms with Crippen LogP contribution in [0.2, 0.25) is 0 Å². The fourth-order valence-electron chi connectivity index (χ4n) is 2.56. The molecule has 0 saturated carbocycles. The molecule has 8 heteroatoms. The second-order valence-corrected chi connectivity index (χ2v) is 5.56. The molecule has 24 heavy (non-hydrogen) atoms. The maximum absolute atomic E-state index is 12.5. The number of carbonyl (C=O) groups is 1. The van der Waals surface area contributed by atoms with E-state index < -0.39 is 0 Å². The Balaban J connectivity index is 1.68. The number of nitrogens with one attached hydrogen (secondary N) is 1. The summed E-state index contributed by atoms with van der Waals surface area (Å²) in [4.78, 5) is 25.2. The van der Waals surface area contributed by atoms with Crippen LogP contribution in [0, 0.1) is 13.8 Å². The highest BCUT2D eigenvalue weighted by atomic mass is 16.3. The van der Waals surface area contributed by atoms with Crippen molar-refractivity contribution >= 4 is 34.0 Å². The number of fused-ring (bicyclic) bond motifs is 2. The molecule has 120 valence electrons. The molecule has 4 heterocycles. The van der Waals surface area contributed by atoms with Gasteiger partial charge in [0.1, 0.15) is 11.3 Å². The number of anilines is 1. The van der Waals surface area contributed by atoms with Crippen molar-refractivity contribution in [3.05, 3.63) is 41.5 Å². The molecule has 0 saturated heterocycles. The Kier molecular flexibility index (Phi) is 3.05. The molecule has 0 fully saturated rings. The van der Waals surface area contributed by atoms with Gasteiger partial charge in [0.2, 0.25) is 11.7 Å². The van der Waals surface area contributed by atoms with Crippen LogP contribution in [-0.4, -0.2) is 30.6 Å². The Hall–Kier alpha value is -3.29. The Labute approximate surface area is 136 Å². The van der Waals surface area contributed by atoms with Gasteiger partial charge in [-0.2, -0.15) is 10.1 Å². The quantitative estimate of drug-likeness (QED) is 0.608. The van der Waals surface area contributed by atoms with Crippen molar-refractivity contribution in [1.82, 2.24) is 24.7 Å². The summed E-state index contributed by atoms with van der Waals surface area (Å²) >= 11 is 0. The second kappa shape index (κ2) is 5.12. The van der Waals surface area contributed by atoms with Gasteiger partial charge in [0, 0.05) is 13.2 Å². The zero-order valence-electron chi connectivity index (χ0n) is 13.4. The number of rotatable bonds is 2. The third-order valence-corrected chi connectivity index (χ3v) is 3.79. The molecule has 4 aromatic heterocycles. The highest BCUT2D eigenvalue weighted by Crippen LogP contribution is 2.21. The van der Waals surface area contributed by atoms with E-state index in [1.807, 2.05) is 19.9 Å². The molecule has 0 unspecified atom stereocenters. The van der Waals surface area contributed by atoms with Gasteiger partial charge in [-0.15, -0.1) is 0 Å². The van der Waals surface area contributed by atoms with Crippen molar-refractivity contribution in [2.75, 3.05) is 5.32 Å². The van der Waals surface area contributed by atoms with Crippen LogP contribution in [0.1, 0.15) is 21.8 Å². The van der Waals surface area contributed by atoms with Crippen molar-refractivity contribution in [2.24, 2.45) is 7.05 Å². The summed E-state index contributed by atoms with van der Waals surface area (Å²) in [5, 5.41) is 7.64. The number of nitrogens with zero attached hydrogens (tertiary/aromatic N) is 5. The molecule has 0 radical (unpaired) electrons. The van der Waals surface area contributed by atoms with Crippen molar-refractivity contribution in [3.8, 4) is 0 Å². The zero-order valence-corrected chi connectivity index (χ0v) is 13.4. The topological polar surface area (TPSA) is 98.7 Å². The van der Waals surface area contributed by atoms with Gasteiger partial charge in [-0.25, -0.2) is 4.98 Å². The summed E-state index contributed by atoms with van der Waals surface area (Å²) in [5.41, 5.74) is 3.11. The van der Waals surface area contributed by atoms with Crippen molar-refractivity contribution in [2.45, 2.75) is 13.8 Å². The van der Waals surface area contributed by atoms with Gasteiger partial charge >= 0.3 is 0 Å². The lowest BCUT2D eigenvalue weighted by molar-refractivity contribution is 0.102. The van der Waals surface area contributed by atoms with E-state index in [1.54, 1.807) is 24.0 Å². The first-order chi connectivity index (χ1) is 11.5. The van der Waals surface area contributed by atoms with E-state index in [2.05, 4.69) is 25.4 Å². The zero-order chi connectivity index (χ0) is 16.8. The van der Waals surface area contributed by atoms with E-state index in [0.29, 0.717) is 11.3 Å². The molecule has 0 aliphatic heterocycles. The minimum Gasteiger partial charge on any atom is -0.443 e. The minimum atomic E-state index is -0.340. The van der Waals surface area contributed by atoms with Crippen LogP contribution in [0.3, 0.4) is 0 Å². The molecule has 1 N–H and O–H groups in total. The second-order valence-electron chi connectivity index (χ2n) is 5.56. The average Bonchev–Trinajstić information content (AvgIpc) is 3.10. The molecule has 0 aliphatic rings. The fraction of sp³-hybridized carbons (Fsp3) is 0.188. The molecular formula is C16H14N6O2. The number of furan rings is 1. The Morgan fingerprint density at radius 3 is 2.88 bits per heavy atom. The number of aryl methyl sites for hydroxylation is 3. The fourth-order valence-corrected chi connectivity index (χ4v) is 2.56. The average molecular weight is 322 g/mol. The lowest BCUT2D eigenvalue weighted by Crippen LogP contribution is -2.15. The van der Waals surface area contributed by atoms with Crippen LogP contribution >= 0.6 is 0 Å². The van der Waals surface area contributed by atoms with E-state index in [1.165, 1.54) is 6.20 Å². The molecule has 4 aromatic rings. The van der Waals surface area contributed by atoms with Gasteiger partial charge in [-0.05, 0) is 26.0 Å². The van der Waals surface area contributed by atoms with E-state index in [0.717, 1.165) is 27.9 Å². The number of amides is 1. The smallest absolute Gasteiger partial charge is 0.259 e. The van der Waals surface area contributed by atoms with Gasteiger partial charge in [0.05, 0.1) is 28.4 Å². The maximum Gasteiger partial charge on any atom is 0.259 e. The molecule has 1 amide bonds. The lowest BCUT2D eigenvalue weighted by Gasteiger charge is -2.05. The van der Waals surface area contributed by atoms with Crippen LogP contribution in [0.25, 0.3) is 22.1 Å². The van der Waals surface area contributed by atoms with Crippen molar-refractivity contribution in [1.29, 1.82) is 0 Å². The minimum absolute atomic E-state index is 0.199. The third-order valence-electron chi connectivity index (χ3n) is 3.79. The SMILES string of the molecule is Cc1cc2c(C)nc(NC(=O)c3cnc4cnn(C)c4c3)nc2o1. The molecule has 8 nitrogen and oxygen atoms in total. The van der Waals surface area contributed by atoms with Gasteiger partial charge in [-0.1, -0.05) is 0 Å². The first-order valence-corrected chi connectivity index (χ1v) is 7.35. The predicted molar refractivity (Wildman–Crippen MR) is 87.7 cm³/mol. The summed E-state index contributed by atoms with van der Waals surface area (Å²) in [7, 11) is 1.80. The molecular weight excluding hydrogens is 308 g/mol. The maximum atomic E-state index is 12.5. The molecule has 0 bridgehead atoms. The van der Waals surface area contributed by atoms with Gasteiger partial charge in [-0.3, -0.25) is 19.8 Å². The third kappa shape index (κ3) is 2.28. The predicted octanol–water partition coefficient (Wildman–Crippen LogP) is 2.37. The van der Waals surface area contributed by atoms with E-state index in [9.17, 15) is 4.79 Å². The van der Waals surface area contributed by atoms with Gasteiger partial charge in [0.25, 0.3) is 5.91 Å². The summed E-state index contributed by atoms with van der Waals surface area (Å²) in [6.45, 7) is 3.69. The molecule has 4 rings (SSSR count). The van der Waals surface area contributed by atoms with Crippen LogP contribution < -0.4 is 5.32 Å². The first-order valence-electron chi connectivity index (χ1n) is 7.35. The molecule has 0 aliphatic carbocycles. The molecule has 0 atom stereocenters. The molecule has 0 spiro atoms. The highest BCUT2D eigenvalue weighted by molar-refractivity contribution is 6.04. The summed E-state index contributed by atoms with van der Waals surface area (Å²) in [5.74, 6) is 0.605. The Bertz CT molecular complexity index is 1090. The first kappa shape index (κ1) is 14.3. The summed E-state index contributed by atoms with van der Waals surface area (Å²) in [6, 6.07) is 3.60. The Morgan fingerprint density at radius 1 is 1.21 bits per heavy atom. The lowest BCUT2D eigenvalue weighted by atomic mass is 10.2. The van der Waals surface area contributed by atoms with Crippen molar-refractivity contribution < 1.29 is 9.21 Å².